The van der Waals surface area contributed by atoms with Crippen LogP contribution in [0, 0.1) is 11.8 Å². The summed E-state index contributed by atoms with van der Waals surface area (Å²) < 4.78 is 5.08. The fourth-order valence-corrected chi connectivity index (χ4v) is 2.68. The number of methoxy groups -OCH3 is 1. The third kappa shape index (κ3) is 3.84. The van der Waals surface area contributed by atoms with E-state index in [1.807, 2.05) is 0 Å². The second-order valence-corrected chi connectivity index (χ2v) is 6.17. The second-order valence-electron chi connectivity index (χ2n) is 6.17. The van der Waals surface area contributed by atoms with E-state index in [9.17, 15) is 14.4 Å². The van der Waals surface area contributed by atoms with Gasteiger partial charge in [0.1, 0.15) is 11.8 Å². The molecule has 0 bridgehead atoms. The lowest BCUT2D eigenvalue weighted by Crippen LogP contribution is -2.47. The summed E-state index contributed by atoms with van der Waals surface area (Å²) in [6.07, 6.45) is 0.0717. The second kappa shape index (κ2) is 7.33. The molecule has 24 heavy (non-hydrogen) atoms. The Kier molecular flexibility index (Phi) is 5.43. The van der Waals surface area contributed by atoms with Crippen LogP contribution in [0.15, 0.2) is 24.3 Å². The molecular weight excluding hydrogens is 312 g/mol. The first-order chi connectivity index (χ1) is 11.3. The number of carboxylic acid groups (broad SMARTS) is 1. The summed E-state index contributed by atoms with van der Waals surface area (Å²) >= 11 is 0. The van der Waals surface area contributed by atoms with Crippen molar-refractivity contribution in [1.29, 1.82) is 0 Å². The highest BCUT2D eigenvalue weighted by molar-refractivity contribution is 6.00. The molecule has 2 rings (SSSR count). The van der Waals surface area contributed by atoms with Gasteiger partial charge in [0.15, 0.2) is 0 Å². The molecule has 0 radical (unpaired) electrons. The van der Waals surface area contributed by atoms with Gasteiger partial charge in [-0.3, -0.25) is 9.59 Å². The molecule has 2 unspecified atom stereocenters. The summed E-state index contributed by atoms with van der Waals surface area (Å²) in [7, 11) is 1.56. The van der Waals surface area contributed by atoms with Gasteiger partial charge in [0, 0.05) is 18.7 Å². The predicted molar refractivity (Wildman–Crippen MR) is 87.9 cm³/mol. The van der Waals surface area contributed by atoms with E-state index < -0.39 is 23.8 Å². The monoisotopic (exact) mass is 334 g/mol. The summed E-state index contributed by atoms with van der Waals surface area (Å²) in [5.74, 6) is -1.74. The van der Waals surface area contributed by atoms with Gasteiger partial charge in [0.25, 0.3) is 0 Å². The summed E-state index contributed by atoms with van der Waals surface area (Å²) in [5.41, 5.74) is 0.690. The number of ether oxygens (including phenoxy) is 1. The van der Waals surface area contributed by atoms with Gasteiger partial charge in [0.2, 0.25) is 11.8 Å². The maximum atomic E-state index is 12.3. The van der Waals surface area contributed by atoms with E-state index in [1.54, 1.807) is 45.2 Å². The number of nitrogens with one attached hydrogen (secondary N) is 1. The van der Waals surface area contributed by atoms with Gasteiger partial charge in [-0.25, -0.2) is 4.79 Å². The zero-order valence-electron chi connectivity index (χ0n) is 14.0. The van der Waals surface area contributed by atoms with Crippen molar-refractivity contribution in [2.75, 3.05) is 18.6 Å². The molecule has 0 spiro atoms. The van der Waals surface area contributed by atoms with Crippen molar-refractivity contribution in [2.24, 2.45) is 11.8 Å². The zero-order chi connectivity index (χ0) is 17.9. The normalized spacial score (nSPS) is 18.6. The molecule has 1 aliphatic rings. The average molecular weight is 334 g/mol. The molecule has 0 aromatic heterocycles. The predicted octanol–water partition coefficient (Wildman–Crippen LogP) is 1.27. The first-order valence-electron chi connectivity index (χ1n) is 7.81. The highest BCUT2D eigenvalue weighted by Gasteiger charge is 2.37. The minimum Gasteiger partial charge on any atom is -0.497 e. The minimum atomic E-state index is -1.07. The van der Waals surface area contributed by atoms with E-state index in [4.69, 9.17) is 9.84 Å². The number of amides is 2. The van der Waals surface area contributed by atoms with Crippen molar-refractivity contribution in [3.63, 3.8) is 0 Å². The van der Waals surface area contributed by atoms with Gasteiger partial charge in [-0.1, -0.05) is 13.8 Å². The van der Waals surface area contributed by atoms with Crippen LogP contribution in [0.1, 0.15) is 20.3 Å². The number of nitrogens with zero attached hydrogens (tertiary/aromatic N) is 1. The van der Waals surface area contributed by atoms with Crippen LogP contribution in [0.2, 0.25) is 0 Å². The van der Waals surface area contributed by atoms with Crippen LogP contribution in [0.3, 0.4) is 0 Å². The molecule has 2 N–H and O–H groups in total. The number of carboxylic acids is 1. The van der Waals surface area contributed by atoms with Gasteiger partial charge in [-0.2, -0.15) is 0 Å². The molecule has 7 nitrogen and oxygen atoms in total. The van der Waals surface area contributed by atoms with E-state index in [-0.39, 0.29) is 24.8 Å². The van der Waals surface area contributed by atoms with E-state index in [2.05, 4.69) is 5.32 Å². The number of anilines is 1. The smallest absolute Gasteiger partial charge is 0.326 e. The third-order valence-electron chi connectivity index (χ3n) is 4.11. The van der Waals surface area contributed by atoms with Crippen molar-refractivity contribution in [3.05, 3.63) is 24.3 Å². The molecule has 1 fully saturated rings. The number of hydrogen-bond donors (Lipinski definition) is 2. The highest BCUT2D eigenvalue weighted by Crippen LogP contribution is 2.27. The molecule has 0 saturated carbocycles. The zero-order valence-corrected chi connectivity index (χ0v) is 14.0. The number of benzene rings is 1. The molecule has 1 aromatic rings. The van der Waals surface area contributed by atoms with Crippen LogP contribution in [0.4, 0.5) is 5.69 Å². The standard InChI is InChI=1S/C17H22N2O5/c1-10(2)15(17(22)23)18-16(21)11-8-14(20)19(9-11)12-4-6-13(24-3)7-5-12/h4-7,10-11,15H,8-9H2,1-3H3,(H,18,21)(H,22,23). The first-order valence-corrected chi connectivity index (χ1v) is 7.81. The van der Waals surface area contributed by atoms with Crippen LogP contribution in [0.5, 0.6) is 5.75 Å². The van der Waals surface area contributed by atoms with E-state index in [0.717, 1.165) is 0 Å². The van der Waals surface area contributed by atoms with Crippen LogP contribution >= 0.6 is 0 Å². The number of carbonyl (C=O) groups excluding carboxylic acids is 2. The van der Waals surface area contributed by atoms with Crippen molar-refractivity contribution in [1.82, 2.24) is 5.32 Å². The Balaban J connectivity index is 2.05. The summed E-state index contributed by atoms with van der Waals surface area (Å²) in [5, 5.41) is 11.7. The Bertz CT molecular complexity index is 626. The lowest BCUT2D eigenvalue weighted by molar-refractivity contribution is -0.143. The molecule has 1 saturated heterocycles. The highest BCUT2D eigenvalue weighted by atomic mass is 16.5. The van der Waals surface area contributed by atoms with Gasteiger partial charge >= 0.3 is 5.97 Å². The molecule has 0 aliphatic carbocycles. The Morgan fingerprint density at radius 2 is 1.92 bits per heavy atom. The lowest BCUT2D eigenvalue weighted by Gasteiger charge is -2.20. The molecule has 7 heteroatoms. The maximum absolute atomic E-state index is 12.3. The van der Waals surface area contributed by atoms with Gasteiger partial charge < -0.3 is 20.1 Å². The van der Waals surface area contributed by atoms with Gasteiger partial charge in [0.05, 0.1) is 13.0 Å². The Labute approximate surface area is 140 Å². The fraction of sp³-hybridized carbons (Fsp3) is 0.471. The molecular formula is C17H22N2O5. The Morgan fingerprint density at radius 3 is 2.42 bits per heavy atom. The largest absolute Gasteiger partial charge is 0.497 e. The van der Waals surface area contributed by atoms with Crippen molar-refractivity contribution < 1.29 is 24.2 Å². The SMILES string of the molecule is COc1ccc(N2CC(C(=O)NC(C(=O)O)C(C)C)CC2=O)cc1. The Hall–Kier alpha value is -2.57. The summed E-state index contributed by atoms with van der Waals surface area (Å²) in [4.78, 5) is 37.2. The topological polar surface area (TPSA) is 95.9 Å². The van der Waals surface area contributed by atoms with Gasteiger partial charge in [-0.05, 0) is 30.2 Å². The maximum Gasteiger partial charge on any atom is 0.326 e. The number of hydrogen-bond acceptors (Lipinski definition) is 4. The first kappa shape index (κ1) is 17.8. The fourth-order valence-electron chi connectivity index (χ4n) is 2.68. The average Bonchev–Trinajstić information content (AvgIpc) is 2.93. The molecule has 1 aliphatic heterocycles. The molecule has 1 heterocycles. The van der Waals surface area contributed by atoms with Crippen LogP contribution in [0.25, 0.3) is 0 Å². The third-order valence-corrected chi connectivity index (χ3v) is 4.11. The number of aliphatic carboxylic acids is 1. The molecule has 2 atom stereocenters. The van der Waals surface area contributed by atoms with Crippen molar-refractivity contribution in [3.8, 4) is 5.75 Å². The van der Waals surface area contributed by atoms with E-state index in [1.165, 1.54) is 4.90 Å². The molecule has 2 amide bonds. The van der Waals surface area contributed by atoms with Gasteiger partial charge in [-0.15, -0.1) is 0 Å². The lowest BCUT2D eigenvalue weighted by atomic mass is 10.0. The minimum absolute atomic E-state index is 0.0717. The van der Waals surface area contributed by atoms with Crippen LogP contribution in [-0.4, -0.2) is 42.6 Å². The number of rotatable bonds is 6. The van der Waals surface area contributed by atoms with Crippen molar-refractivity contribution >= 4 is 23.5 Å². The summed E-state index contributed by atoms with van der Waals surface area (Å²) in [6, 6.07) is 6.04. The van der Waals surface area contributed by atoms with Crippen molar-refractivity contribution in [2.45, 2.75) is 26.3 Å². The van der Waals surface area contributed by atoms with Crippen LogP contribution in [-0.2, 0) is 14.4 Å². The number of carbonyl (C=O) groups is 3. The van der Waals surface area contributed by atoms with Crippen LogP contribution < -0.4 is 15.0 Å². The molecule has 1 aromatic carbocycles. The summed E-state index contributed by atoms with van der Waals surface area (Å²) in [6.45, 7) is 3.69. The van der Waals surface area contributed by atoms with E-state index in [0.29, 0.717) is 11.4 Å². The quantitative estimate of drug-likeness (QED) is 0.817. The van der Waals surface area contributed by atoms with E-state index >= 15 is 0 Å². The molecule has 130 valence electrons. The Morgan fingerprint density at radius 1 is 1.29 bits per heavy atom.